The molecule has 6 nitrogen and oxygen atoms in total. The van der Waals surface area contributed by atoms with E-state index in [1.807, 2.05) is 49.4 Å². The summed E-state index contributed by atoms with van der Waals surface area (Å²) in [5, 5.41) is 3.06. The lowest BCUT2D eigenvalue weighted by Crippen LogP contribution is -2.32. The van der Waals surface area contributed by atoms with E-state index in [4.69, 9.17) is 4.42 Å². The van der Waals surface area contributed by atoms with Gasteiger partial charge in [-0.05, 0) is 56.7 Å². The van der Waals surface area contributed by atoms with E-state index in [-0.39, 0.29) is 11.1 Å². The molecule has 3 aromatic rings. The molecule has 0 saturated heterocycles. The Morgan fingerprint density at radius 3 is 2.48 bits per heavy atom. The molecule has 0 aliphatic carbocycles. The maximum Gasteiger partial charge on any atom is 0.263 e. The molecule has 1 aromatic heterocycles. The summed E-state index contributed by atoms with van der Waals surface area (Å²) in [7, 11) is 0. The second kappa shape index (κ2) is 8.73. The number of nitrogens with one attached hydrogen (secondary N) is 1. The van der Waals surface area contributed by atoms with Gasteiger partial charge in [-0.2, -0.15) is 0 Å². The van der Waals surface area contributed by atoms with Crippen LogP contribution in [0.4, 0.5) is 11.4 Å². The minimum absolute atomic E-state index is 0.165. The summed E-state index contributed by atoms with van der Waals surface area (Å²) in [5.41, 5.74) is 3.76. The molecule has 0 unspecified atom stereocenters. The second-order valence-electron chi connectivity index (χ2n) is 6.82. The second-order valence-corrected chi connectivity index (χ2v) is 6.82. The molecule has 0 saturated carbocycles. The smallest absolute Gasteiger partial charge is 0.263 e. The molecule has 29 heavy (non-hydrogen) atoms. The summed E-state index contributed by atoms with van der Waals surface area (Å²) < 4.78 is 6.05. The first-order valence-electron chi connectivity index (χ1n) is 9.67. The molecule has 0 aliphatic rings. The summed E-state index contributed by atoms with van der Waals surface area (Å²) in [6.45, 7) is 9.21. The molecule has 2 aromatic carbocycles. The largest absolute Gasteiger partial charge is 0.437 e. The lowest BCUT2D eigenvalue weighted by Gasteiger charge is -2.21. The Morgan fingerprint density at radius 1 is 1.07 bits per heavy atom. The van der Waals surface area contributed by atoms with Gasteiger partial charge in [-0.15, -0.1) is 0 Å². The maximum atomic E-state index is 12.6. The SMILES string of the molecule is CCN(CC)c1ccc2cc(C(=O)NC(C)=O)c(=Nc3cccc(C)c3)oc2c1. The van der Waals surface area contributed by atoms with Crippen molar-refractivity contribution in [3.05, 3.63) is 65.2 Å². The molecule has 0 aliphatic heterocycles. The molecule has 150 valence electrons. The van der Waals surface area contributed by atoms with Gasteiger partial charge in [-0.3, -0.25) is 14.9 Å². The van der Waals surface area contributed by atoms with Crippen molar-refractivity contribution in [2.24, 2.45) is 4.99 Å². The summed E-state index contributed by atoms with van der Waals surface area (Å²) >= 11 is 0. The van der Waals surface area contributed by atoms with Crippen LogP contribution in [0.3, 0.4) is 0 Å². The lowest BCUT2D eigenvalue weighted by atomic mass is 10.1. The number of hydrogen-bond acceptors (Lipinski definition) is 5. The monoisotopic (exact) mass is 391 g/mol. The number of benzene rings is 2. The van der Waals surface area contributed by atoms with Gasteiger partial charge in [0.05, 0.1) is 5.69 Å². The van der Waals surface area contributed by atoms with Crippen LogP contribution < -0.4 is 15.8 Å². The number of amides is 2. The van der Waals surface area contributed by atoms with Crippen LogP contribution in [0.15, 0.2) is 57.9 Å². The van der Waals surface area contributed by atoms with Crippen molar-refractivity contribution in [2.45, 2.75) is 27.7 Å². The van der Waals surface area contributed by atoms with Crippen molar-refractivity contribution in [1.29, 1.82) is 0 Å². The van der Waals surface area contributed by atoms with Crippen molar-refractivity contribution in [3.63, 3.8) is 0 Å². The molecule has 0 atom stereocenters. The first kappa shape index (κ1) is 20.3. The number of fused-ring (bicyclic) bond motifs is 1. The van der Waals surface area contributed by atoms with Crippen LogP contribution >= 0.6 is 0 Å². The van der Waals surface area contributed by atoms with Gasteiger partial charge in [0.1, 0.15) is 11.1 Å². The zero-order valence-electron chi connectivity index (χ0n) is 17.2. The molecule has 6 heteroatoms. The van der Waals surface area contributed by atoms with Crippen molar-refractivity contribution in [1.82, 2.24) is 5.32 Å². The number of rotatable bonds is 5. The van der Waals surface area contributed by atoms with E-state index in [9.17, 15) is 9.59 Å². The number of carbonyl (C=O) groups is 2. The Hall–Kier alpha value is -3.41. The highest BCUT2D eigenvalue weighted by Crippen LogP contribution is 2.22. The fraction of sp³-hybridized carbons (Fsp3) is 0.261. The van der Waals surface area contributed by atoms with E-state index in [0.29, 0.717) is 11.3 Å². The normalized spacial score (nSPS) is 11.5. The number of imide groups is 1. The molecule has 0 fully saturated rings. The Labute approximate surface area is 169 Å². The van der Waals surface area contributed by atoms with Crippen LogP contribution in [-0.4, -0.2) is 24.9 Å². The van der Waals surface area contributed by atoms with Gasteiger partial charge in [-0.1, -0.05) is 12.1 Å². The molecule has 2 amide bonds. The third-order valence-corrected chi connectivity index (χ3v) is 4.63. The summed E-state index contributed by atoms with van der Waals surface area (Å²) in [6, 6.07) is 15.2. The van der Waals surface area contributed by atoms with Gasteiger partial charge in [-0.25, -0.2) is 4.99 Å². The van der Waals surface area contributed by atoms with E-state index in [2.05, 4.69) is 29.1 Å². The molecule has 0 radical (unpaired) electrons. The molecule has 1 N–H and O–H groups in total. The standard InChI is InChI=1S/C23H25N3O3/c1-5-26(6-2)19-11-10-17-13-20(22(28)24-16(4)27)23(29-21(17)14-19)25-18-9-7-8-15(3)12-18/h7-14H,5-6H2,1-4H3,(H,24,27,28). The predicted molar refractivity (Wildman–Crippen MR) is 114 cm³/mol. The number of nitrogens with zero attached hydrogens (tertiary/aromatic N) is 2. The quantitative estimate of drug-likeness (QED) is 0.711. The van der Waals surface area contributed by atoms with Crippen LogP contribution in [0.1, 0.15) is 36.7 Å². The number of carbonyl (C=O) groups excluding carboxylic acids is 2. The molecule has 3 rings (SSSR count). The van der Waals surface area contributed by atoms with Gasteiger partial charge in [0.15, 0.2) is 0 Å². The summed E-state index contributed by atoms with van der Waals surface area (Å²) in [6.07, 6.45) is 0. The van der Waals surface area contributed by atoms with Crippen LogP contribution in [0.2, 0.25) is 0 Å². The zero-order chi connectivity index (χ0) is 21.0. The fourth-order valence-corrected chi connectivity index (χ4v) is 3.18. The van der Waals surface area contributed by atoms with Crippen molar-refractivity contribution in [3.8, 4) is 0 Å². The van der Waals surface area contributed by atoms with Crippen molar-refractivity contribution >= 4 is 34.2 Å². The van der Waals surface area contributed by atoms with E-state index in [0.717, 1.165) is 29.7 Å². The van der Waals surface area contributed by atoms with Crippen molar-refractivity contribution < 1.29 is 14.0 Å². The first-order valence-corrected chi connectivity index (χ1v) is 9.67. The third kappa shape index (κ3) is 4.71. The number of aryl methyl sites for hydroxylation is 1. The highest BCUT2D eigenvalue weighted by Gasteiger charge is 2.15. The van der Waals surface area contributed by atoms with Crippen LogP contribution in [0, 0.1) is 6.92 Å². The fourth-order valence-electron chi connectivity index (χ4n) is 3.18. The summed E-state index contributed by atoms with van der Waals surface area (Å²) in [5.74, 6) is -0.976. The zero-order valence-corrected chi connectivity index (χ0v) is 17.2. The van der Waals surface area contributed by atoms with Crippen molar-refractivity contribution in [2.75, 3.05) is 18.0 Å². The maximum absolute atomic E-state index is 12.6. The molecule has 0 bridgehead atoms. The number of hydrogen-bond donors (Lipinski definition) is 1. The molecular weight excluding hydrogens is 366 g/mol. The summed E-state index contributed by atoms with van der Waals surface area (Å²) in [4.78, 5) is 30.7. The van der Waals surface area contributed by atoms with Gasteiger partial charge in [0.25, 0.3) is 5.91 Å². The van der Waals surface area contributed by atoms with Gasteiger partial charge < -0.3 is 9.32 Å². The minimum Gasteiger partial charge on any atom is -0.437 e. The highest BCUT2D eigenvalue weighted by atomic mass is 16.3. The molecule has 0 spiro atoms. The van der Waals surface area contributed by atoms with Crippen LogP contribution in [0.5, 0.6) is 0 Å². The topological polar surface area (TPSA) is 74.9 Å². The average Bonchev–Trinajstić information content (AvgIpc) is 2.68. The van der Waals surface area contributed by atoms with Crippen LogP contribution in [0.25, 0.3) is 11.0 Å². The average molecular weight is 391 g/mol. The van der Waals surface area contributed by atoms with Gasteiger partial charge >= 0.3 is 0 Å². The van der Waals surface area contributed by atoms with E-state index >= 15 is 0 Å². The van der Waals surface area contributed by atoms with Crippen LogP contribution in [-0.2, 0) is 4.79 Å². The molecule has 1 heterocycles. The van der Waals surface area contributed by atoms with Gasteiger partial charge in [0.2, 0.25) is 11.5 Å². The Kier molecular flexibility index (Phi) is 6.12. The number of anilines is 1. The highest BCUT2D eigenvalue weighted by molar-refractivity contribution is 6.05. The predicted octanol–water partition coefficient (Wildman–Crippen LogP) is 4.10. The van der Waals surface area contributed by atoms with Gasteiger partial charge in [0, 0.05) is 37.2 Å². The van der Waals surface area contributed by atoms with E-state index in [1.54, 1.807) is 6.07 Å². The first-order chi connectivity index (χ1) is 13.9. The Balaban J connectivity index is 2.22. The molecular formula is C23H25N3O3. The van der Waals surface area contributed by atoms with E-state index < -0.39 is 11.8 Å². The van der Waals surface area contributed by atoms with E-state index in [1.165, 1.54) is 6.92 Å². The Bertz CT molecular complexity index is 1130. The minimum atomic E-state index is -0.539. The Morgan fingerprint density at radius 2 is 1.83 bits per heavy atom. The third-order valence-electron chi connectivity index (χ3n) is 4.63. The lowest BCUT2D eigenvalue weighted by molar-refractivity contribution is -0.118.